The second-order valence-corrected chi connectivity index (χ2v) is 3.89. The SMILES string of the molecule is CN(C)CC(NN)c1c(Cl)cnn1C. The van der Waals surface area contributed by atoms with Crippen LogP contribution in [0.5, 0.6) is 0 Å². The molecule has 0 radical (unpaired) electrons. The lowest BCUT2D eigenvalue weighted by molar-refractivity contribution is 0.335. The molecular formula is C8H16ClN5. The summed E-state index contributed by atoms with van der Waals surface area (Å²) >= 11 is 6.00. The zero-order valence-corrected chi connectivity index (χ0v) is 9.41. The predicted molar refractivity (Wildman–Crippen MR) is 56.8 cm³/mol. The van der Waals surface area contributed by atoms with Crippen molar-refractivity contribution in [2.24, 2.45) is 12.9 Å². The van der Waals surface area contributed by atoms with Gasteiger partial charge in [0.25, 0.3) is 0 Å². The zero-order valence-electron chi connectivity index (χ0n) is 8.66. The first-order chi connectivity index (χ1) is 6.56. The summed E-state index contributed by atoms with van der Waals surface area (Å²) in [5, 5.41) is 4.70. The van der Waals surface area contributed by atoms with Crippen molar-refractivity contribution in [1.29, 1.82) is 0 Å². The molecular weight excluding hydrogens is 202 g/mol. The normalized spacial score (nSPS) is 13.6. The Balaban J connectivity index is 2.88. The zero-order chi connectivity index (χ0) is 10.7. The number of rotatable bonds is 4. The van der Waals surface area contributed by atoms with Gasteiger partial charge in [-0.15, -0.1) is 0 Å². The number of hydrogen-bond donors (Lipinski definition) is 2. The van der Waals surface area contributed by atoms with Gasteiger partial charge in [-0.3, -0.25) is 16.0 Å². The van der Waals surface area contributed by atoms with Crippen LogP contribution in [0.15, 0.2) is 6.20 Å². The maximum absolute atomic E-state index is 6.00. The topological polar surface area (TPSA) is 59.1 Å². The van der Waals surface area contributed by atoms with Crippen molar-refractivity contribution in [2.75, 3.05) is 20.6 Å². The molecule has 1 atom stereocenters. The Kier molecular flexibility index (Phi) is 3.88. The Bertz CT molecular complexity index is 276. The highest BCUT2D eigenvalue weighted by Crippen LogP contribution is 2.21. The van der Waals surface area contributed by atoms with Crippen LogP contribution in [0.2, 0.25) is 5.02 Å². The van der Waals surface area contributed by atoms with Gasteiger partial charge in [-0.1, -0.05) is 11.6 Å². The minimum atomic E-state index is -0.00926. The fourth-order valence-electron chi connectivity index (χ4n) is 1.40. The summed E-state index contributed by atoms with van der Waals surface area (Å²) < 4.78 is 1.73. The molecule has 6 heteroatoms. The van der Waals surface area contributed by atoms with Gasteiger partial charge in [0.15, 0.2) is 0 Å². The highest BCUT2D eigenvalue weighted by molar-refractivity contribution is 6.31. The van der Waals surface area contributed by atoms with Crippen LogP contribution < -0.4 is 11.3 Å². The summed E-state index contributed by atoms with van der Waals surface area (Å²) in [6.45, 7) is 0.774. The Morgan fingerprint density at radius 3 is 2.71 bits per heavy atom. The highest BCUT2D eigenvalue weighted by Gasteiger charge is 2.18. The summed E-state index contributed by atoms with van der Waals surface area (Å²) in [7, 11) is 5.81. The maximum Gasteiger partial charge on any atom is 0.0835 e. The fourth-order valence-corrected chi connectivity index (χ4v) is 1.69. The number of hydrazine groups is 1. The number of halogens is 1. The summed E-state index contributed by atoms with van der Waals surface area (Å²) in [4.78, 5) is 2.04. The van der Waals surface area contributed by atoms with Crippen LogP contribution in [0.1, 0.15) is 11.7 Å². The molecule has 1 aromatic heterocycles. The van der Waals surface area contributed by atoms with Gasteiger partial charge in [-0.05, 0) is 14.1 Å². The van der Waals surface area contributed by atoms with E-state index in [1.165, 1.54) is 0 Å². The molecule has 0 bridgehead atoms. The van der Waals surface area contributed by atoms with Crippen molar-refractivity contribution >= 4 is 11.6 Å². The van der Waals surface area contributed by atoms with E-state index in [0.717, 1.165) is 12.2 Å². The number of nitrogens with two attached hydrogens (primary N) is 1. The summed E-state index contributed by atoms with van der Waals surface area (Å²) in [6.07, 6.45) is 1.62. The van der Waals surface area contributed by atoms with E-state index in [1.54, 1.807) is 10.9 Å². The summed E-state index contributed by atoms with van der Waals surface area (Å²) in [5.41, 5.74) is 3.64. The number of nitrogens with one attached hydrogen (secondary N) is 1. The van der Waals surface area contributed by atoms with E-state index in [9.17, 15) is 0 Å². The van der Waals surface area contributed by atoms with Gasteiger partial charge in [-0.25, -0.2) is 0 Å². The van der Waals surface area contributed by atoms with Crippen molar-refractivity contribution in [1.82, 2.24) is 20.1 Å². The second-order valence-electron chi connectivity index (χ2n) is 3.48. The number of nitrogens with zero attached hydrogens (tertiary/aromatic N) is 3. The van der Waals surface area contributed by atoms with Gasteiger partial charge in [0.05, 0.1) is 23.0 Å². The standard InChI is InChI=1S/C8H16ClN5/c1-13(2)5-7(12-10)8-6(9)4-11-14(8)3/h4,7,12H,5,10H2,1-3H3. The van der Waals surface area contributed by atoms with Crippen molar-refractivity contribution in [3.63, 3.8) is 0 Å². The third-order valence-electron chi connectivity index (χ3n) is 2.02. The molecule has 0 spiro atoms. The average Bonchev–Trinajstić information content (AvgIpc) is 2.43. The molecule has 80 valence electrons. The molecule has 1 aromatic rings. The maximum atomic E-state index is 6.00. The molecule has 0 saturated heterocycles. The number of likely N-dealkylation sites (N-methyl/N-ethyl adjacent to an activating group) is 1. The number of hydrogen-bond acceptors (Lipinski definition) is 4. The van der Waals surface area contributed by atoms with Gasteiger partial charge in [0, 0.05) is 13.6 Å². The Hall–Kier alpha value is -0.620. The first-order valence-corrected chi connectivity index (χ1v) is 4.72. The van der Waals surface area contributed by atoms with Crippen LogP contribution in [-0.4, -0.2) is 35.3 Å². The Labute approximate surface area is 88.8 Å². The Morgan fingerprint density at radius 2 is 2.36 bits per heavy atom. The van der Waals surface area contributed by atoms with Crippen molar-refractivity contribution in [3.8, 4) is 0 Å². The van der Waals surface area contributed by atoms with Crippen LogP contribution >= 0.6 is 11.6 Å². The average molecular weight is 218 g/mol. The molecule has 0 aliphatic carbocycles. The van der Waals surface area contributed by atoms with Crippen LogP contribution in [0, 0.1) is 0 Å². The number of aryl methyl sites for hydroxylation is 1. The lowest BCUT2D eigenvalue weighted by Gasteiger charge is -2.20. The van der Waals surface area contributed by atoms with Crippen LogP contribution in [-0.2, 0) is 7.05 Å². The molecule has 0 fully saturated rings. The van der Waals surface area contributed by atoms with Gasteiger partial charge in [0.1, 0.15) is 0 Å². The molecule has 0 amide bonds. The smallest absolute Gasteiger partial charge is 0.0835 e. The molecule has 0 aromatic carbocycles. The van der Waals surface area contributed by atoms with Gasteiger partial charge < -0.3 is 4.90 Å². The Morgan fingerprint density at radius 1 is 1.71 bits per heavy atom. The largest absolute Gasteiger partial charge is 0.307 e. The minimum absolute atomic E-state index is 0.00926. The van der Waals surface area contributed by atoms with E-state index in [0.29, 0.717) is 5.02 Å². The molecule has 3 N–H and O–H groups in total. The fraction of sp³-hybridized carbons (Fsp3) is 0.625. The summed E-state index contributed by atoms with van der Waals surface area (Å²) in [6, 6.07) is -0.00926. The minimum Gasteiger partial charge on any atom is -0.307 e. The lowest BCUT2D eigenvalue weighted by atomic mass is 10.2. The first kappa shape index (κ1) is 11.5. The third-order valence-corrected chi connectivity index (χ3v) is 2.31. The van der Waals surface area contributed by atoms with E-state index < -0.39 is 0 Å². The van der Waals surface area contributed by atoms with Crippen LogP contribution in [0.25, 0.3) is 0 Å². The molecule has 1 unspecified atom stereocenters. The lowest BCUT2D eigenvalue weighted by Crippen LogP contribution is -2.36. The van der Waals surface area contributed by atoms with E-state index in [-0.39, 0.29) is 6.04 Å². The van der Waals surface area contributed by atoms with E-state index in [4.69, 9.17) is 17.4 Å². The van der Waals surface area contributed by atoms with Crippen molar-refractivity contribution < 1.29 is 0 Å². The van der Waals surface area contributed by atoms with E-state index in [2.05, 4.69) is 10.5 Å². The molecule has 5 nitrogen and oxygen atoms in total. The van der Waals surface area contributed by atoms with E-state index in [1.807, 2.05) is 26.0 Å². The van der Waals surface area contributed by atoms with Crippen LogP contribution in [0.3, 0.4) is 0 Å². The molecule has 0 saturated carbocycles. The predicted octanol–water partition coefficient (Wildman–Crippen LogP) is 0.139. The summed E-state index contributed by atoms with van der Waals surface area (Å²) in [5.74, 6) is 5.47. The van der Waals surface area contributed by atoms with Crippen molar-refractivity contribution in [2.45, 2.75) is 6.04 Å². The highest BCUT2D eigenvalue weighted by atomic mass is 35.5. The quantitative estimate of drug-likeness (QED) is 0.557. The first-order valence-electron chi connectivity index (χ1n) is 4.34. The monoisotopic (exact) mass is 217 g/mol. The van der Waals surface area contributed by atoms with Crippen LogP contribution in [0.4, 0.5) is 0 Å². The van der Waals surface area contributed by atoms with Gasteiger partial charge in [-0.2, -0.15) is 5.10 Å². The molecule has 0 aliphatic rings. The van der Waals surface area contributed by atoms with Gasteiger partial charge >= 0.3 is 0 Å². The molecule has 14 heavy (non-hydrogen) atoms. The van der Waals surface area contributed by atoms with E-state index >= 15 is 0 Å². The van der Waals surface area contributed by atoms with Gasteiger partial charge in [0.2, 0.25) is 0 Å². The second kappa shape index (κ2) is 4.75. The molecule has 1 rings (SSSR count). The number of aromatic nitrogens is 2. The molecule has 0 aliphatic heterocycles. The third kappa shape index (κ3) is 2.45. The van der Waals surface area contributed by atoms with Crippen molar-refractivity contribution in [3.05, 3.63) is 16.9 Å². The molecule has 1 heterocycles.